The molecule has 1 N–H and O–H groups in total. The van der Waals surface area contributed by atoms with Crippen LogP contribution in [0, 0.1) is 12.8 Å². The third-order valence-electron chi connectivity index (χ3n) is 4.30. The largest absolute Gasteiger partial charge is 0.353 e. The fourth-order valence-electron chi connectivity index (χ4n) is 2.92. The van der Waals surface area contributed by atoms with Crippen LogP contribution in [0.4, 0.5) is 11.6 Å². The van der Waals surface area contributed by atoms with Crippen molar-refractivity contribution in [1.29, 1.82) is 0 Å². The lowest BCUT2D eigenvalue weighted by atomic mass is 10.2. The van der Waals surface area contributed by atoms with Gasteiger partial charge in [-0.3, -0.25) is 4.79 Å². The molecule has 0 atom stereocenters. The van der Waals surface area contributed by atoms with E-state index in [-0.39, 0.29) is 5.91 Å². The smallest absolute Gasteiger partial charge is 0.270 e. The highest BCUT2D eigenvalue weighted by Crippen LogP contribution is 2.18. The molecule has 1 aliphatic heterocycles. The molecule has 0 spiro atoms. The van der Waals surface area contributed by atoms with Gasteiger partial charge in [0.05, 0.1) is 0 Å². The van der Waals surface area contributed by atoms with Crippen molar-refractivity contribution >= 4 is 17.5 Å². The minimum atomic E-state index is -0.141. The minimum Gasteiger partial charge on any atom is -0.353 e. The normalized spacial score (nSPS) is 14.6. The number of amides is 1. The van der Waals surface area contributed by atoms with Crippen LogP contribution in [-0.4, -0.2) is 53.6 Å². The molecular formula is C19H26N6O. The number of rotatable bonds is 5. The van der Waals surface area contributed by atoms with Gasteiger partial charge in [-0.25, -0.2) is 15.0 Å². The van der Waals surface area contributed by atoms with E-state index in [9.17, 15) is 4.79 Å². The number of anilines is 2. The average molecular weight is 354 g/mol. The third kappa shape index (κ3) is 4.47. The van der Waals surface area contributed by atoms with Crippen molar-refractivity contribution in [3.63, 3.8) is 0 Å². The van der Waals surface area contributed by atoms with Gasteiger partial charge in [-0.15, -0.1) is 0 Å². The molecule has 0 saturated carbocycles. The first-order valence-electron chi connectivity index (χ1n) is 9.08. The van der Waals surface area contributed by atoms with E-state index >= 15 is 0 Å². The molecule has 0 radical (unpaired) electrons. The quantitative estimate of drug-likeness (QED) is 0.884. The molecule has 2 aromatic heterocycles. The molecule has 0 bridgehead atoms. The highest BCUT2D eigenvalue weighted by atomic mass is 16.1. The van der Waals surface area contributed by atoms with E-state index in [4.69, 9.17) is 0 Å². The Labute approximate surface area is 154 Å². The number of carbonyl (C=O) groups excluding carboxylic acids is 1. The number of aromatic nitrogens is 3. The molecule has 1 fully saturated rings. The van der Waals surface area contributed by atoms with Crippen LogP contribution in [0.25, 0.3) is 0 Å². The Balaban J connectivity index is 1.67. The first kappa shape index (κ1) is 18.1. The van der Waals surface area contributed by atoms with E-state index in [1.807, 2.05) is 31.3 Å². The summed E-state index contributed by atoms with van der Waals surface area (Å²) >= 11 is 0. The van der Waals surface area contributed by atoms with Crippen LogP contribution >= 0.6 is 0 Å². The Morgan fingerprint density at radius 2 is 1.81 bits per heavy atom. The maximum Gasteiger partial charge on any atom is 0.270 e. The average Bonchev–Trinajstić information content (AvgIpc) is 2.66. The van der Waals surface area contributed by atoms with Crippen LogP contribution in [0.15, 0.2) is 30.5 Å². The maximum absolute atomic E-state index is 12.3. The standard InChI is InChI=1S/C19H26N6O/c1-14(2)13-21-19(26)16-12-18(23-15(3)22-16)25-10-8-24(9-11-25)17-6-4-5-7-20-17/h4-7,12,14H,8-11,13H2,1-3H3,(H,21,26). The van der Waals surface area contributed by atoms with Gasteiger partial charge in [0.1, 0.15) is 23.2 Å². The first-order chi connectivity index (χ1) is 12.5. The van der Waals surface area contributed by atoms with Gasteiger partial charge in [0.25, 0.3) is 5.91 Å². The van der Waals surface area contributed by atoms with Crippen LogP contribution in [0.5, 0.6) is 0 Å². The lowest BCUT2D eigenvalue weighted by Gasteiger charge is -2.36. The number of carbonyl (C=O) groups is 1. The lowest BCUT2D eigenvalue weighted by Crippen LogP contribution is -2.47. The fraction of sp³-hybridized carbons (Fsp3) is 0.474. The van der Waals surface area contributed by atoms with E-state index in [0.717, 1.165) is 37.8 Å². The summed E-state index contributed by atoms with van der Waals surface area (Å²) in [5.41, 5.74) is 0.431. The Hall–Kier alpha value is -2.70. The minimum absolute atomic E-state index is 0.141. The van der Waals surface area contributed by atoms with Gasteiger partial charge in [-0.2, -0.15) is 0 Å². The second-order valence-corrected chi connectivity index (χ2v) is 6.92. The third-order valence-corrected chi connectivity index (χ3v) is 4.30. The molecular weight excluding hydrogens is 328 g/mol. The Kier molecular flexibility index (Phi) is 5.65. The van der Waals surface area contributed by atoms with Crippen molar-refractivity contribution in [2.45, 2.75) is 20.8 Å². The predicted molar refractivity (Wildman–Crippen MR) is 103 cm³/mol. The van der Waals surface area contributed by atoms with E-state index in [0.29, 0.717) is 24.0 Å². The summed E-state index contributed by atoms with van der Waals surface area (Å²) in [4.78, 5) is 30.1. The summed E-state index contributed by atoms with van der Waals surface area (Å²) < 4.78 is 0. The summed E-state index contributed by atoms with van der Waals surface area (Å²) in [6.07, 6.45) is 1.82. The van der Waals surface area contributed by atoms with Gasteiger partial charge in [0.2, 0.25) is 0 Å². The van der Waals surface area contributed by atoms with Gasteiger partial charge >= 0.3 is 0 Å². The molecule has 0 aliphatic carbocycles. The summed E-state index contributed by atoms with van der Waals surface area (Å²) in [6.45, 7) is 10.0. The van der Waals surface area contributed by atoms with E-state index in [1.165, 1.54) is 0 Å². The molecule has 0 unspecified atom stereocenters. The van der Waals surface area contributed by atoms with Crippen LogP contribution in [0.2, 0.25) is 0 Å². The SMILES string of the molecule is Cc1nc(C(=O)NCC(C)C)cc(N2CCN(c3ccccn3)CC2)n1. The van der Waals surface area contributed by atoms with Crippen LogP contribution in [0.1, 0.15) is 30.2 Å². The van der Waals surface area contributed by atoms with Gasteiger partial charge in [-0.05, 0) is 25.0 Å². The second-order valence-electron chi connectivity index (χ2n) is 6.92. The zero-order valence-electron chi connectivity index (χ0n) is 15.6. The second kappa shape index (κ2) is 8.12. The fourth-order valence-corrected chi connectivity index (χ4v) is 2.92. The van der Waals surface area contributed by atoms with Crippen molar-refractivity contribution < 1.29 is 4.79 Å². The predicted octanol–water partition coefficient (Wildman–Crippen LogP) is 1.89. The van der Waals surface area contributed by atoms with E-state index in [2.05, 4.69) is 43.9 Å². The molecule has 7 nitrogen and oxygen atoms in total. The number of hydrogen-bond acceptors (Lipinski definition) is 6. The molecule has 1 amide bonds. The Morgan fingerprint density at radius 3 is 2.42 bits per heavy atom. The molecule has 1 aliphatic rings. The van der Waals surface area contributed by atoms with Crippen molar-refractivity contribution in [2.75, 3.05) is 42.5 Å². The summed E-state index contributed by atoms with van der Waals surface area (Å²) in [5.74, 6) is 2.69. The number of hydrogen-bond donors (Lipinski definition) is 1. The zero-order valence-corrected chi connectivity index (χ0v) is 15.6. The molecule has 26 heavy (non-hydrogen) atoms. The van der Waals surface area contributed by atoms with Gasteiger partial charge in [0.15, 0.2) is 0 Å². The first-order valence-corrected chi connectivity index (χ1v) is 9.08. The lowest BCUT2D eigenvalue weighted by molar-refractivity contribution is 0.0943. The van der Waals surface area contributed by atoms with Crippen LogP contribution < -0.4 is 15.1 Å². The zero-order chi connectivity index (χ0) is 18.5. The number of nitrogens with one attached hydrogen (secondary N) is 1. The van der Waals surface area contributed by atoms with E-state index in [1.54, 1.807) is 6.07 Å². The molecule has 138 valence electrons. The van der Waals surface area contributed by atoms with Crippen molar-refractivity contribution in [3.8, 4) is 0 Å². The molecule has 3 rings (SSSR count). The summed E-state index contributed by atoms with van der Waals surface area (Å²) in [7, 11) is 0. The summed E-state index contributed by atoms with van der Waals surface area (Å²) in [5, 5.41) is 2.92. The van der Waals surface area contributed by atoms with Gasteiger partial charge in [0, 0.05) is 45.0 Å². The molecule has 1 saturated heterocycles. The maximum atomic E-state index is 12.3. The molecule has 2 aromatic rings. The number of pyridine rings is 1. The van der Waals surface area contributed by atoms with Crippen molar-refractivity contribution in [3.05, 3.63) is 42.0 Å². The molecule has 0 aromatic carbocycles. The number of nitrogens with zero attached hydrogens (tertiary/aromatic N) is 5. The summed E-state index contributed by atoms with van der Waals surface area (Å²) in [6, 6.07) is 7.75. The monoisotopic (exact) mass is 354 g/mol. The van der Waals surface area contributed by atoms with Crippen molar-refractivity contribution in [2.24, 2.45) is 5.92 Å². The van der Waals surface area contributed by atoms with Crippen molar-refractivity contribution in [1.82, 2.24) is 20.3 Å². The molecule has 7 heteroatoms. The van der Waals surface area contributed by atoms with Gasteiger partial charge in [-0.1, -0.05) is 19.9 Å². The Morgan fingerprint density at radius 1 is 1.12 bits per heavy atom. The molecule has 3 heterocycles. The highest BCUT2D eigenvalue weighted by molar-refractivity contribution is 5.93. The number of piperazine rings is 1. The van der Waals surface area contributed by atoms with Crippen LogP contribution in [-0.2, 0) is 0 Å². The Bertz CT molecular complexity index is 741. The highest BCUT2D eigenvalue weighted by Gasteiger charge is 2.21. The number of aryl methyl sites for hydroxylation is 1. The topological polar surface area (TPSA) is 74.2 Å². The van der Waals surface area contributed by atoms with Gasteiger partial charge < -0.3 is 15.1 Å². The van der Waals surface area contributed by atoms with Crippen LogP contribution in [0.3, 0.4) is 0 Å². The van der Waals surface area contributed by atoms with E-state index < -0.39 is 0 Å².